The quantitative estimate of drug-likeness (QED) is 0.442. The van der Waals surface area contributed by atoms with Gasteiger partial charge in [0.1, 0.15) is 6.61 Å². The Morgan fingerprint density at radius 2 is 1.93 bits per heavy atom. The van der Waals surface area contributed by atoms with Gasteiger partial charge in [0.05, 0.1) is 17.2 Å². The average Bonchev–Trinajstić information content (AvgIpc) is 3.04. The molecule has 154 valence electrons. The van der Waals surface area contributed by atoms with Crippen molar-refractivity contribution >= 4 is 50.5 Å². The number of halogens is 1. The lowest BCUT2D eigenvalue weighted by molar-refractivity contribution is -0.115. The van der Waals surface area contributed by atoms with Crippen LogP contribution in [-0.2, 0) is 4.79 Å². The maximum Gasteiger partial charge on any atom is 0.264 e. The highest BCUT2D eigenvalue weighted by Crippen LogP contribution is 2.33. The minimum Gasteiger partial charge on any atom is -0.490 e. The van der Waals surface area contributed by atoms with E-state index in [2.05, 4.69) is 32.2 Å². The average molecular weight is 485 g/mol. The Kier molecular flexibility index (Phi) is 7.24. The largest absolute Gasteiger partial charge is 0.490 e. The summed E-state index contributed by atoms with van der Waals surface area (Å²) in [6, 6.07) is 9.41. The number of ether oxygens (including phenoxy) is 2. The van der Waals surface area contributed by atoms with Crippen molar-refractivity contribution in [1.29, 1.82) is 0 Å². The van der Waals surface area contributed by atoms with Crippen molar-refractivity contribution in [2.75, 3.05) is 13.2 Å². The summed E-state index contributed by atoms with van der Waals surface area (Å²) in [4.78, 5) is 17.6. The van der Waals surface area contributed by atoms with Gasteiger partial charge in [0.25, 0.3) is 5.91 Å². The molecule has 0 saturated carbocycles. The van der Waals surface area contributed by atoms with Gasteiger partial charge in [-0.1, -0.05) is 27.9 Å². The summed E-state index contributed by atoms with van der Waals surface area (Å²) in [5.41, 5.74) is 3.80. The monoisotopic (exact) mass is 484 g/mol. The van der Waals surface area contributed by atoms with E-state index >= 15 is 0 Å². The second-order valence-corrected chi connectivity index (χ2v) is 8.33. The summed E-state index contributed by atoms with van der Waals surface area (Å²) in [5.74, 6) is 3.41. The molecular formula is C23H21BrN2O3S. The SMILES string of the molecule is C#CCOc1ccc(/C=C2\SC(=Nc3cc(C)c(Br)c(C)c3)NC2=O)cc1OCC. The van der Waals surface area contributed by atoms with Crippen LogP contribution in [0.1, 0.15) is 23.6 Å². The first-order valence-electron chi connectivity index (χ1n) is 9.30. The zero-order valence-corrected chi connectivity index (χ0v) is 19.3. The molecule has 1 heterocycles. The van der Waals surface area contributed by atoms with Crippen LogP contribution in [0.5, 0.6) is 11.5 Å². The van der Waals surface area contributed by atoms with Gasteiger partial charge in [0.2, 0.25) is 0 Å². The molecule has 30 heavy (non-hydrogen) atoms. The summed E-state index contributed by atoms with van der Waals surface area (Å²) >= 11 is 4.86. The van der Waals surface area contributed by atoms with Gasteiger partial charge < -0.3 is 14.8 Å². The zero-order chi connectivity index (χ0) is 21.7. The number of rotatable bonds is 6. The zero-order valence-electron chi connectivity index (χ0n) is 16.9. The second kappa shape index (κ2) is 9.88. The van der Waals surface area contributed by atoms with E-state index in [1.54, 1.807) is 12.1 Å². The van der Waals surface area contributed by atoms with Crippen LogP contribution >= 0.6 is 27.7 Å². The molecule has 1 N–H and O–H groups in total. The highest BCUT2D eigenvalue weighted by atomic mass is 79.9. The molecule has 2 aromatic carbocycles. The third kappa shape index (κ3) is 5.26. The van der Waals surface area contributed by atoms with Gasteiger partial charge in [0, 0.05) is 4.47 Å². The Bertz CT molecular complexity index is 1060. The third-order valence-electron chi connectivity index (χ3n) is 4.18. The molecule has 0 spiro atoms. The van der Waals surface area contributed by atoms with Crippen LogP contribution < -0.4 is 14.8 Å². The van der Waals surface area contributed by atoms with E-state index in [9.17, 15) is 4.79 Å². The molecule has 2 aromatic rings. The molecule has 0 unspecified atom stereocenters. The normalized spacial score (nSPS) is 15.9. The van der Waals surface area contributed by atoms with Crippen molar-refractivity contribution in [2.45, 2.75) is 20.8 Å². The number of nitrogens with one attached hydrogen (secondary N) is 1. The van der Waals surface area contributed by atoms with Crippen LogP contribution in [0.2, 0.25) is 0 Å². The van der Waals surface area contributed by atoms with Crippen molar-refractivity contribution in [3.8, 4) is 23.8 Å². The number of aliphatic imine (C=N–C) groups is 1. The molecule has 1 amide bonds. The number of amidine groups is 1. The number of terminal acetylenes is 1. The smallest absolute Gasteiger partial charge is 0.264 e. The summed E-state index contributed by atoms with van der Waals surface area (Å²) in [5, 5.41) is 3.37. The van der Waals surface area contributed by atoms with Crippen LogP contribution in [-0.4, -0.2) is 24.3 Å². The van der Waals surface area contributed by atoms with E-state index < -0.39 is 0 Å². The second-order valence-electron chi connectivity index (χ2n) is 6.51. The third-order valence-corrected chi connectivity index (χ3v) is 6.34. The molecule has 1 saturated heterocycles. The molecule has 0 aromatic heterocycles. The van der Waals surface area contributed by atoms with E-state index in [0.717, 1.165) is 26.9 Å². The minimum absolute atomic E-state index is 0.160. The molecule has 1 aliphatic heterocycles. The van der Waals surface area contributed by atoms with Crippen molar-refractivity contribution in [2.24, 2.45) is 4.99 Å². The number of carbonyl (C=O) groups is 1. The number of thioether (sulfide) groups is 1. The standard InChI is InChI=1S/C23H21BrN2O3S/c1-5-9-29-18-8-7-16(12-19(18)28-6-2)13-20-22(27)26-23(30-20)25-17-10-14(3)21(24)15(4)11-17/h1,7-8,10-13H,6,9H2,2-4H3,(H,25,26,27)/b20-13-. The first kappa shape index (κ1) is 22.0. The Hall–Kier alpha value is -2.69. The molecule has 0 bridgehead atoms. The predicted octanol–water partition coefficient (Wildman–Crippen LogP) is 5.37. The lowest BCUT2D eigenvalue weighted by atomic mass is 10.1. The number of aryl methyl sites for hydroxylation is 2. The van der Waals surface area contributed by atoms with E-state index in [0.29, 0.717) is 28.2 Å². The van der Waals surface area contributed by atoms with E-state index in [1.807, 2.05) is 45.0 Å². The van der Waals surface area contributed by atoms with Gasteiger partial charge >= 0.3 is 0 Å². The number of hydrogen-bond acceptors (Lipinski definition) is 5. The molecule has 7 heteroatoms. The lowest BCUT2D eigenvalue weighted by Crippen LogP contribution is -2.19. The van der Waals surface area contributed by atoms with E-state index in [-0.39, 0.29) is 12.5 Å². The van der Waals surface area contributed by atoms with E-state index in [1.165, 1.54) is 11.8 Å². The Balaban J connectivity index is 1.84. The van der Waals surface area contributed by atoms with Crippen molar-refractivity contribution in [1.82, 2.24) is 5.32 Å². The summed E-state index contributed by atoms with van der Waals surface area (Å²) in [7, 11) is 0. The molecule has 1 aliphatic rings. The molecule has 0 atom stereocenters. The Morgan fingerprint density at radius 3 is 2.60 bits per heavy atom. The van der Waals surface area contributed by atoms with Crippen LogP contribution in [0.4, 0.5) is 5.69 Å². The number of carbonyl (C=O) groups excluding carboxylic acids is 1. The van der Waals surface area contributed by atoms with Crippen molar-refractivity contribution < 1.29 is 14.3 Å². The van der Waals surface area contributed by atoms with Gasteiger partial charge in [-0.25, -0.2) is 4.99 Å². The van der Waals surface area contributed by atoms with E-state index in [4.69, 9.17) is 15.9 Å². The van der Waals surface area contributed by atoms with Crippen LogP contribution in [0.25, 0.3) is 6.08 Å². The Labute approximate surface area is 189 Å². The fourth-order valence-electron chi connectivity index (χ4n) is 2.86. The highest BCUT2D eigenvalue weighted by molar-refractivity contribution is 9.10. The molecule has 0 radical (unpaired) electrons. The fraction of sp³-hybridized carbons (Fsp3) is 0.217. The summed E-state index contributed by atoms with van der Waals surface area (Å²) in [6.45, 7) is 6.57. The number of amides is 1. The van der Waals surface area contributed by atoms with Gasteiger partial charge in [-0.3, -0.25) is 4.79 Å². The molecule has 0 aliphatic carbocycles. The Morgan fingerprint density at radius 1 is 1.20 bits per heavy atom. The topological polar surface area (TPSA) is 59.9 Å². The highest BCUT2D eigenvalue weighted by Gasteiger charge is 2.24. The summed E-state index contributed by atoms with van der Waals surface area (Å²) in [6.07, 6.45) is 7.06. The predicted molar refractivity (Wildman–Crippen MR) is 126 cm³/mol. The van der Waals surface area contributed by atoms with Crippen molar-refractivity contribution in [3.05, 3.63) is 56.4 Å². The summed E-state index contributed by atoms with van der Waals surface area (Å²) < 4.78 is 12.2. The molecule has 1 fully saturated rings. The van der Waals surface area contributed by atoms with Crippen LogP contribution in [0, 0.1) is 26.2 Å². The first-order valence-corrected chi connectivity index (χ1v) is 10.9. The lowest BCUT2D eigenvalue weighted by Gasteiger charge is -2.11. The first-order chi connectivity index (χ1) is 14.4. The van der Waals surface area contributed by atoms with Crippen LogP contribution in [0.3, 0.4) is 0 Å². The van der Waals surface area contributed by atoms with Gasteiger partial charge in [0.15, 0.2) is 16.7 Å². The maximum absolute atomic E-state index is 12.4. The fourth-order valence-corrected chi connectivity index (χ4v) is 3.93. The van der Waals surface area contributed by atoms with Gasteiger partial charge in [-0.05, 0) is 79.6 Å². The minimum atomic E-state index is -0.185. The van der Waals surface area contributed by atoms with Crippen molar-refractivity contribution in [3.63, 3.8) is 0 Å². The number of benzene rings is 2. The van der Waals surface area contributed by atoms with Crippen LogP contribution in [0.15, 0.2) is 44.7 Å². The maximum atomic E-state index is 12.4. The molecular weight excluding hydrogens is 464 g/mol. The van der Waals surface area contributed by atoms with Gasteiger partial charge in [-0.2, -0.15) is 0 Å². The number of nitrogens with zero attached hydrogens (tertiary/aromatic N) is 1. The van der Waals surface area contributed by atoms with Gasteiger partial charge in [-0.15, -0.1) is 6.42 Å². The molecule has 3 rings (SSSR count). The molecule has 5 nitrogen and oxygen atoms in total. The number of hydrogen-bond donors (Lipinski definition) is 1.